The summed E-state index contributed by atoms with van der Waals surface area (Å²) in [7, 11) is -2.69. The molecule has 0 aliphatic carbocycles. The van der Waals surface area contributed by atoms with E-state index in [1.165, 1.54) is 4.90 Å². The Morgan fingerprint density at radius 3 is 2.45 bits per heavy atom. The third kappa shape index (κ3) is 5.44. The van der Waals surface area contributed by atoms with E-state index < -0.39 is 15.9 Å². The lowest BCUT2D eigenvalue weighted by molar-refractivity contribution is 0.0794. The standard InChI is InChI=1S/C11H12Br3NO4S/c1-15(3-2-4-20(17,18)19)11(16)8-5-7(12)6-9(13)10(8)14/h5-6H,2-4H2,1H3,(H,17,18,19)/p-1. The smallest absolute Gasteiger partial charge is 0.254 e. The van der Waals surface area contributed by atoms with Crippen LogP contribution in [-0.4, -0.2) is 43.1 Å². The number of amides is 1. The zero-order valence-electron chi connectivity index (χ0n) is 10.4. The Kier molecular flexibility index (Phi) is 6.65. The second-order valence-corrected chi connectivity index (χ2v) is 8.18. The lowest BCUT2D eigenvalue weighted by Crippen LogP contribution is -2.29. The van der Waals surface area contributed by atoms with E-state index in [4.69, 9.17) is 0 Å². The lowest BCUT2D eigenvalue weighted by Gasteiger charge is -2.19. The summed E-state index contributed by atoms with van der Waals surface area (Å²) in [5, 5.41) is 0. The highest BCUT2D eigenvalue weighted by Gasteiger charge is 2.17. The van der Waals surface area contributed by atoms with Crippen molar-refractivity contribution < 1.29 is 17.8 Å². The second-order valence-electron chi connectivity index (χ2n) is 4.09. The molecule has 0 saturated heterocycles. The van der Waals surface area contributed by atoms with E-state index in [2.05, 4.69) is 47.8 Å². The van der Waals surface area contributed by atoms with E-state index in [0.29, 0.717) is 10.0 Å². The maximum Gasteiger partial charge on any atom is 0.254 e. The number of rotatable bonds is 5. The molecule has 9 heteroatoms. The minimum absolute atomic E-state index is 0.112. The van der Waals surface area contributed by atoms with E-state index in [-0.39, 0.29) is 18.9 Å². The Bertz CT molecular complexity index is 618. The molecular weight excluding hydrogens is 482 g/mol. The van der Waals surface area contributed by atoms with Crippen molar-refractivity contribution in [2.24, 2.45) is 0 Å². The third-order valence-electron chi connectivity index (χ3n) is 2.46. The molecule has 0 spiro atoms. The molecule has 0 radical (unpaired) electrons. The molecule has 0 fully saturated rings. The van der Waals surface area contributed by atoms with Gasteiger partial charge in [-0.2, -0.15) is 0 Å². The first-order chi connectivity index (χ1) is 9.11. The quantitative estimate of drug-likeness (QED) is 0.467. The maximum atomic E-state index is 12.3. The predicted octanol–water partition coefficient (Wildman–Crippen LogP) is 2.98. The summed E-state index contributed by atoms with van der Waals surface area (Å²) in [6, 6.07) is 3.46. The monoisotopic (exact) mass is 490 g/mol. The molecule has 1 amide bonds. The highest BCUT2D eigenvalue weighted by atomic mass is 79.9. The van der Waals surface area contributed by atoms with Gasteiger partial charge in [0.15, 0.2) is 0 Å². The number of nitrogens with zero attached hydrogens (tertiary/aromatic N) is 1. The van der Waals surface area contributed by atoms with Crippen LogP contribution >= 0.6 is 47.8 Å². The van der Waals surface area contributed by atoms with Crippen LogP contribution in [0.5, 0.6) is 0 Å². The lowest BCUT2D eigenvalue weighted by atomic mass is 10.2. The Hall–Kier alpha value is 0.0400. The van der Waals surface area contributed by atoms with Gasteiger partial charge in [-0.3, -0.25) is 4.79 Å². The summed E-state index contributed by atoms with van der Waals surface area (Å²) < 4.78 is 33.6. The zero-order chi connectivity index (χ0) is 15.5. The van der Waals surface area contributed by atoms with E-state index in [1.807, 2.05) is 0 Å². The molecule has 0 unspecified atom stereocenters. The molecule has 112 valence electrons. The van der Waals surface area contributed by atoms with Gasteiger partial charge in [0, 0.05) is 32.8 Å². The zero-order valence-corrected chi connectivity index (χ0v) is 16.0. The van der Waals surface area contributed by atoms with Gasteiger partial charge in [-0.15, -0.1) is 0 Å². The minimum Gasteiger partial charge on any atom is -0.748 e. The average molecular weight is 493 g/mol. The van der Waals surface area contributed by atoms with Crippen molar-refractivity contribution >= 4 is 63.8 Å². The van der Waals surface area contributed by atoms with Gasteiger partial charge in [-0.05, 0) is 50.4 Å². The molecule has 1 rings (SSSR count). The Balaban J connectivity index is 2.80. The topological polar surface area (TPSA) is 77.5 Å². The number of halogens is 3. The Morgan fingerprint density at radius 1 is 1.30 bits per heavy atom. The number of hydrogen-bond donors (Lipinski definition) is 0. The van der Waals surface area contributed by atoms with Crippen molar-refractivity contribution in [3.63, 3.8) is 0 Å². The fraction of sp³-hybridized carbons (Fsp3) is 0.364. The summed E-state index contributed by atoms with van der Waals surface area (Å²) in [5.74, 6) is -0.740. The van der Waals surface area contributed by atoms with Gasteiger partial charge in [-0.25, -0.2) is 8.42 Å². The van der Waals surface area contributed by atoms with Crippen LogP contribution in [0.25, 0.3) is 0 Å². The third-order valence-corrected chi connectivity index (χ3v) is 5.72. The van der Waals surface area contributed by atoms with Crippen LogP contribution in [0.4, 0.5) is 0 Å². The summed E-state index contributed by atoms with van der Waals surface area (Å²) in [4.78, 5) is 13.6. The van der Waals surface area contributed by atoms with E-state index in [1.54, 1.807) is 19.2 Å². The largest absolute Gasteiger partial charge is 0.748 e. The van der Waals surface area contributed by atoms with Gasteiger partial charge in [0.25, 0.3) is 5.91 Å². The number of carbonyl (C=O) groups is 1. The molecule has 0 saturated carbocycles. The first-order valence-electron chi connectivity index (χ1n) is 5.45. The van der Waals surface area contributed by atoms with Crippen LogP contribution in [-0.2, 0) is 10.1 Å². The SMILES string of the molecule is CN(CCCS(=O)(=O)[O-])C(=O)c1cc(Br)cc(Br)c1Br. The Labute approximate surface area is 142 Å². The first-order valence-corrected chi connectivity index (χ1v) is 9.41. The minimum atomic E-state index is -4.24. The van der Waals surface area contributed by atoms with Gasteiger partial charge < -0.3 is 9.45 Å². The molecular formula is C11H11Br3NO4S-. The van der Waals surface area contributed by atoms with E-state index >= 15 is 0 Å². The van der Waals surface area contributed by atoms with Crippen molar-refractivity contribution in [1.82, 2.24) is 4.90 Å². The van der Waals surface area contributed by atoms with Crippen LogP contribution in [0.2, 0.25) is 0 Å². The molecule has 0 bridgehead atoms. The van der Waals surface area contributed by atoms with E-state index in [0.717, 1.165) is 8.95 Å². The van der Waals surface area contributed by atoms with Gasteiger partial charge in [0.1, 0.15) is 0 Å². The van der Waals surface area contributed by atoms with Gasteiger partial charge in [0.05, 0.1) is 15.7 Å². The van der Waals surface area contributed by atoms with Crippen LogP contribution in [0.1, 0.15) is 16.8 Å². The summed E-state index contributed by atoms with van der Waals surface area (Å²) in [6.45, 7) is 0.191. The fourth-order valence-corrected chi connectivity index (χ4v) is 3.60. The first kappa shape index (κ1) is 18.1. The van der Waals surface area contributed by atoms with Crippen molar-refractivity contribution in [2.75, 3.05) is 19.3 Å². The number of carbonyl (C=O) groups excluding carboxylic acids is 1. The maximum absolute atomic E-state index is 12.3. The summed E-state index contributed by atoms with van der Waals surface area (Å²) in [5.41, 5.74) is 0.443. The molecule has 1 aromatic rings. The van der Waals surface area contributed by atoms with E-state index in [9.17, 15) is 17.8 Å². The van der Waals surface area contributed by atoms with Gasteiger partial charge >= 0.3 is 0 Å². The van der Waals surface area contributed by atoms with Gasteiger partial charge in [0.2, 0.25) is 0 Å². The van der Waals surface area contributed by atoms with Crippen molar-refractivity contribution in [3.05, 3.63) is 31.1 Å². The van der Waals surface area contributed by atoms with Crippen LogP contribution in [0.3, 0.4) is 0 Å². The van der Waals surface area contributed by atoms with Crippen molar-refractivity contribution in [3.8, 4) is 0 Å². The highest BCUT2D eigenvalue weighted by Crippen LogP contribution is 2.31. The molecule has 0 aliphatic heterocycles. The fourth-order valence-electron chi connectivity index (χ4n) is 1.50. The molecule has 0 atom stereocenters. The average Bonchev–Trinajstić information content (AvgIpc) is 2.31. The predicted molar refractivity (Wildman–Crippen MR) is 85.7 cm³/mol. The highest BCUT2D eigenvalue weighted by molar-refractivity contribution is 9.13. The molecule has 0 heterocycles. The van der Waals surface area contributed by atoms with Gasteiger partial charge in [-0.1, -0.05) is 15.9 Å². The van der Waals surface area contributed by atoms with Crippen LogP contribution in [0, 0.1) is 0 Å². The molecule has 20 heavy (non-hydrogen) atoms. The van der Waals surface area contributed by atoms with Crippen molar-refractivity contribution in [2.45, 2.75) is 6.42 Å². The Morgan fingerprint density at radius 2 is 1.90 bits per heavy atom. The number of benzene rings is 1. The molecule has 1 aromatic carbocycles. The normalized spacial score (nSPS) is 11.4. The second kappa shape index (κ2) is 7.35. The molecule has 0 aromatic heterocycles. The van der Waals surface area contributed by atoms with Crippen molar-refractivity contribution in [1.29, 1.82) is 0 Å². The molecule has 0 N–H and O–H groups in total. The summed E-state index contributed by atoms with van der Waals surface area (Å²) in [6.07, 6.45) is 0.112. The van der Waals surface area contributed by atoms with Crippen LogP contribution < -0.4 is 0 Å². The summed E-state index contributed by atoms with van der Waals surface area (Å²) >= 11 is 9.95. The number of hydrogen-bond acceptors (Lipinski definition) is 4. The van der Waals surface area contributed by atoms with Crippen LogP contribution in [0.15, 0.2) is 25.6 Å². The molecule has 5 nitrogen and oxygen atoms in total. The molecule has 0 aliphatic rings.